The van der Waals surface area contributed by atoms with Crippen LogP contribution in [-0.4, -0.2) is 44.7 Å². The van der Waals surface area contributed by atoms with Crippen LogP contribution in [0, 0.1) is 10.1 Å². The molecule has 2 aromatic rings. The van der Waals surface area contributed by atoms with Crippen LogP contribution in [0.15, 0.2) is 36.4 Å². The molecule has 0 saturated heterocycles. The number of carbonyl (C=O) groups is 2. The summed E-state index contributed by atoms with van der Waals surface area (Å²) < 4.78 is 20.3. The third kappa shape index (κ3) is 5.83. The van der Waals surface area contributed by atoms with Crippen LogP contribution in [0.2, 0.25) is 0 Å². The Morgan fingerprint density at radius 1 is 0.966 bits per heavy atom. The number of esters is 1. The van der Waals surface area contributed by atoms with Gasteiger partial charge in [0.2, 0.25) is 0 Å². The van der Waals surface area contributed by atoms with Crippen LogP contribution in [0.1, 0.15) is 5.56 Å². The van der Waals surface area contributed by atoms with E-state index in [1.165, 1.54) is 33.5 Å². The predicted molar refractivity (Wildman–Crippen MR) is 102 cm³/mol. The van der Waals surface area contributed by atoms with Gasteiger partial charge in [0.1, 0.15) is 5.75 Å². The Kier molecular flexibility index (Phi) is 7.35. The van der Waals surface area contributed by atoms with Gasteiger partial charge in [-0.05, 0) is 23.8 Å². The molecule has 10 nitrogen and oxygen atoms in total. The fourth-order valence-electron chi connectivity index (χ4n) is 2.45. The van der Waals surface area contributed by atoms with Crippen molar-refractivity contribution >= 4 is 23.3 Å². The maximum Gasteiger partial charge on any atom is 0.310 e. The molecule has 154 valence electrons. The summed E-state index contributed by atoms with van der Waals surface area (Å²) in [5, 5.41) is 13.3. The largest absolute Gasteiger partial charge is 0.495 e. The second-order valence-electron chi connectivity index (χ2n) is 5.72. The number of nitrogens with zero attached hydrogens (tertiary/aromatic N) is 1. The molecule has 2 rings (SSSR count). The first-order valence-corrected chi connectivity index (χ1v) is 8.36. The van der Waals surface area contributed by atoms with Gasteiger partial charge < -0.3 is 24.3 Å². The highest BCUT2D eigenvalue weighted by atomic mass is 16.6. The third-order valence-electron chi connectivity index (χ3n) is 3.83. The van der Waals surface area contributed by atoms with Crippen molar-refractivity contribution in [2.45, 2.75) is 6.42 Å². The van der Waals surface area contributed by atoms with Crippen LogP contribution in [-0.2, 0) is 20.7 Å². The molecule has 0 bridgehead atoms. The molecule has 0 aliphatic carbocycles. The topological polar surface area (TPSA) is 126 Å². The average Bonchev–Trinajstić information content (AvgIpc) is 2.72. The zero-order valence-electron chi connectivity index (χ0n) is 16.1. The Labute approximate surface area is 166 Å². The Morgan fingerprint density at radius 2 is 1.62 bits per heavy atom. The molecular weight excluding hydrogens is 384 g/mol. The van der Waals surface area contributed by atoms with E-state index in [2.05, 4.69) is 5.32 Å². The molecule has 10 heteroatoms. The highest BCUT2D eigenvalue weighted by molar-refractivity contribution is 5.94. The lowest BCUT2D eigenvalue weighted by molar-refractivity contribution is -0.384. The summed E-state index contributed by atoms with van der Waals surface area (Å²) >= 11 is 0. The molecule has 0 aliphatic rings. The molecule has 0 fully saturated rings. The van der Waals surface area contributed by atoms with E-state index in [1.807, 2.05) is 0 Å². The van der Waals surface area contributed by atoms with Gasteiger partial charge in [-0.15, -0.1) is 0 Å². The van der Waals surface area contributed by atoms with Crippen LogP contribution in [0.4, 0.5) is 11.4 Å². The van der Waals surface area contributed by atoms with Gasteiger partial charge in [-0.3, -0.25) is 19.7 Å². The van der Waals surface area contributed by atoms with Crippen molar-refractivity contribution in [3.63, 3.8) is 0 Å². The molecule has 0 saturated carbocycles. The zero-order chi connectivity index (χ0) is 21.4. The number of nitrogens with one attached hydrogen (secondary N) is 1. The van der Waals surface area contributed by atoms with Crippen LogP contribution in [0.3, 0.4) is 0 Å². The molecule has 2 aromatic carbocycles. The van der Waals surface area contributed by atoms with Crippen LogP contribution in [0.5, 0.6) is 17.2 Å². The highest BCUT2D eigenvalue weighted by Crippen LogP contribution is 2.29. The summed E-state index contributed by atoms with van der Waals surface area (Å²) in [5.74, 6) is -0.0633. The van der Waals surface area contributed by atoms with Crippen LogP contribution in [0.25, 0.3) is 0 Å². The van der Waals surface area contributed by atoms with Gasteiger partial charge in [-0.2, -0.15) is 0 Å². The van der Waals surface area contributed by atoms with Gasteiger partial charge >= 0.3 is 5.97 Å². The second kappa shape index (κ2) is 9.93. The van der Waals surface area contributed by atoms with E-state index < -0.39 is 23.4 Å². The maximum absolute atomic E-state index is 12.1. The minimum absolute atomic E-state index is 0.0756. The van der Waals surface area contributed by atoms with E-state index >= 15 is 0 Å². The Hall–Kier alpha value is -3.82. The van der Waals surface area contributed by atoms with Crippen LogP contribution < -0.4 is 19.5 Å². The zero-order valence-corrected chi connectivity index (χ0v) is 16.1. The second-order valence-corrected chi connectivity index (χ2v) is 5.72. The number of non-ortho nitro benzene ring substituents is 1. The number of methoxy groups -OCH3 is 3. The molecule has 29 heavy (non-hydrogen) atoms. The lowest BCUT2D eigenvalue weighted by atomic mass is 10.1. The first-order valence-electron chi connectivity index (χ1n) is 8.36. The quantitative estimate of drug-likeness (QED) is 0.383. The lowest BCUT2D eigenvalue weighted by Gasteiger charge is -2.11. The van der Waals surface area contributed by atoms with Crippen molar-refractivity contribution in [3.05, 3.63) is 52.1 Å². The monoisotopic (exact) mass is 404 g/mol. The number of hydrogen-bond donors (Lipinski definition) is 1. The normalized spacial score (nSPS) is 10.0. The van der Waals surface area contributed by atoms with Crippen molar-refractivity contribution in [2.75, 3.05) is 33.3 Å². The Balaban J connectivity index is 1.95. The summed E-state index contributed by atoms with van der Waals surface area (Å²) in [7, 11) is 4.34. The van der Waals surface area contributed by atoms with Crippen molar-refractivity contribution in [1.82, 2.24) is 0 Å². The highest BCUT2D eigenvalue weighted by Gasteiger charge is 2.15. The number of nitro groups is 1. The number of hydrogen-bond acceptors (Lipinski definition) is 8. The fourth-order valence-corrected chi connectivity index (χ4v) is 2.45. The minimum atomic E-state index is -0.663. The SMILES string of the molecule is COc1ccc([N+](=O)[O-])cc1NC(=O)COC(=O)Cc1ccc(OC)c(OC)c1. The summed E-state index contributed by atoms with van der Waals surface area (Å²) in [6, 6.07) is 8.73. The minimum Gasteiger partial charge on any atom is -0.495 e. The number of rotatable bonds is 9. The lowest BCUT2D eigenvalue weighted by Crippen LogP contribution is -2.22. The summed E-state index contributed by atoms with van der Waals surface area (Å²) in [6.45, 7) is -0.558. The van der Waals surface area contributed by atoms with Crippen molar-refractivity contribution in [1.29, 1.82) is 0 Å². The number of carbonyl (C=O) groups excluding carboxylic acids is 2. The van der Waals surface area contributed by atoms with Gasteiger partial charge in [0.25, 0.3) is 11.6 Å². The summed E-state index contributed by atoms with van der Waals surface area (Å²) in [6.07, 6.45) is -0.0756. The predicted octanol–water partition coefficient (Wildman–Crippen LogP) is 2.34. The summed E-state index contributed by atoms with van der Waals surface area (Å²) in [5.41, 5.74) is 0.502. The molecular formula is C19H20N2O8. The molecule has 0 radical (unpaired) electrons. The van der Waals surface area contributed by atoms with E-state index in [-0.39, 0.29) is 23.5 Å². The van der Waals surface area contributed by atoms with E-state index in [9.17, 15) is 19.7 Å². The van der Waals surface area contributed by atoms with E-state index in [0.717, 1.165) is 6.07 Å². The number of anilines is 1. The van der Waals surface area contributed by atoms with Crippen molar-refractivity contribution < 1.29 is 33.5 Å². The fraction of sp³-hybridized carbons (Fsp3) is 0.263. The number of nitro benzene ring substituents is 1. The first-order chi connectivity index (χ1) is 13.9. The Morgan fingerprint density at radius 3 is 2.24 bits per heavy atom. The maximum atomic E-state index is 12.1. The molecule has 1 N–H and O–H groups in total. The third-order valence-corrected chi connectivity index (χ3v) is 3.83. The van der Waals surface area contributed by atoms with E-state index in [4.69, 9.17) is 18.9 Å². The molecule has 1 amide bonds. The van der Waals surface area contributed by atoms with Gasteiger partial charge in [-0.25, -0.2) is 0 Å². The molecule has 0 heterocycles. The van der Waals surface area contributed by atoms with E-state index in [0.29, 0.717) is 17.1 Å². The van der Waals surface area contributed by atoms with E-state index in [1.54, 1.807) is 18.2 Å². The molecule has 0 aliphatic heterocycles. The molecule has 0 unspecified atom stereocenters. The van der Waals surface area contributed by atoms with Gasteiger partial charge in [0.15, 0.2) is 18.1 Å². The number of amides is 1. The smallest absolute Gasteiger partial charge is 0.310 e. The number of ether oxygens (including phenoxy) is 4. The molecule has 0 aromatic heterocycles. The number of benzene rings is 2. The van der Waals surface area contributed by atoms with Gasteiger partial charge in [0, 0.05) is 12.1 Å². The first kappa shape index (κ1) is 21.5. The van der Waals surface area contributed by atoms with Crippen molar-refractivity contribution in [2.24, 2.45) is 0 Å². The van der Waals surface area contributed by atoms with Crippen molar-refractivity contribution in [3.8, 4) is 17.2 Å². The van der Waals surface area contributed by atoms with Gasteiger partial charge in [-0.1, -0.05) is 6.07 Å². The average molecular weight is 404 g/mol. The Bertz CT molecular complexity index is 913. The van der Waals surface area contributed by atoms with Crippen LogP contribution >= 0.6 is 0 Å². The molecule has 0 atom stereocenters. The standard InChI is InChI=1S/C19H20N2O8/c1-26-15-7-5-13(21(24)25)10-14(15)20-18(22)11-29-19(23)9-12-4-6-16(27-2)17(8-12)28-3/h4-8,10H,9,11H2,1-3H3,(H,20,22). The molecule has 0 spiro atoms. The van der Waals surface area contributed by atoms with Gasteiger partial charge in [0.05, 0.1) is 38.4 Å². The summed E-state index contributed by atoms with van der Waals surface area (Å²) in [4.78, 5) is 34.3.